The first kappa shape index (κ1) is 39.0. The summed E-state index contributed by atoms with van der Waals surface area (Å²) in [4.78, 5) is 43.8. The molecule has 0 bridgehead atoms. The number of nitrogens with one attached hydrogen (secondary N) is 2. The van der Waals surface area contributed by atoms with E-state index in [0.29, 0.717) is 17.8 Å². The molecule has 4 saturated carbocycles. The third kappa shape index (κ3) is 7.10. The Morgan fingerprint density at radius 2 is 1.48 bits per heavy atom. The largest absolute Gasteiger partial charge is 0.469 e. The number of piperidine rings is 1. The lowest BCUT2D eigenvalue weighted by molar-refractivity contribution is -0.148. The second-order valence-electron chi connectivity index (χ2n) is 18.5. The summed E-state index contributed by atoms with van der Waals surface area (Å²) in [5.41, 5.74) is 2.31. The van der Waals surface area contributed by atoms with Gasteiger partial charge >= 0.3 is 5.97 Å². The predicted molar refractivity (Wildman–Crippen MR) is 199 cm³/mol. The predicted octanol–water partition coefficient (Wildman–Crippen LogP) is 6.96. The number of fused-ring (bicyclic) bond motifs is 2. The number of esters is 1. The molecule has 5 fully saturated rings. The van der Waals surface area contributed by atoms with Gasteiger partial charge in [-0.2, -0.15) is 0 Å². The summed E-state index contributed by atoms with van der Waals surface area (Å²) in [6.07, 6.45) is 10.4. The van der Waals surface area contributed by atoms with Crippen LogP contribution in [0.2, 0.25) is 0 Å². The summed E-state index contributed by atoms with van der Waals surface area (Å²) in [5.74, 6) is 0.809. The molecule has 0 aromatic carbocycles. The molecule has 8 heteroatoms. The summed E-state index contributed by atoms with van der Waals surface area (Å²) >= 11 is 0. The van der Waals surface area contributed by atoms with Crippen molar-refractivity contribution in [2.45, 2.75) is 162 Å². The van der Waals surface area contributed by atoms with Crippen molar-refractivity contribution in [3.8, 4) is 0 Å². The van der Waals surface area contributed by atoms with E-state index in [4.69, 9.17) is 4.74 Å². The van der Waals surface area contributed by atoms with E-state index in [9.17, 15) is 19.5 Å². The second-order valence-corrected chi connectivity index (χ2v) is 18.5. The highest BCUT2D eigenvalue weighted by molar-refractivity contribution is 5.86. The molecule has 0 spiro atoms. The Balaban J connectivity index is 1.46. The SMILES string of the molecule is C=C1CCC[C@]2(C)CC[C@@H](C(C)C)[C@H](NC(=O)[C@H]3C[C@H](O)C[C@@H](C(=O)N[C@H]4[C@H](C(C)C)CC[C@@]5(C)CCCC(=C)[C@]45C)N3CCC(=O)OC)[C@@H]12. The van der Waals surface area contributed by atoms with E-state index in [1.54, 1.807) is 0 Å². The van der Waals surface area contributed by atoms with E-state index >= 15 is 0 Å². The van der Waals surface area contributed by atoms with E-state index in [0.717, 1.165) is 64.2 Å². The lowest BCUT2D eigenvalue weighted by Gasteiger charge is -2.61. The van der Waals surface area contributed by atoms with E-state index in [2.05, 4.69) is 72.3 Å². The number of carbonyl (C=O) groups excluding carboxylic acids is 3. The molecule has 50 heavy (non-hydrogen) atoms. The van der Waals surface area contributed by atoms with Crippen LogP contribution in [0.1, 0.15) is 132 Å². The normalized spacial score (nSPS) is 40.9. The Bertz CT molecular complexity index is 1310. The Hall–Kier alpha value is -2.19. The van der Waals surface area contributed by atoms with E-state index in [1.807, 2.05) is 4.90 Å². The Morgan fingerprint density at radius 1 is 0.880 bits per heavy atom. The molecule has 0 radical (unpaired) electrons. The fraction of sp³-hybridized carbons (Fsp3) is 0.833. The molecule has 8 nitrogen and oxygen atoms in total. The number of ether oxygens (including phenoxy) is 1. The highest BCUT2D eigenvalue weighted by Gasteiger charge is 2.59. The maximum Gasteiger partial charge on any atom is 0.306 e. The minimum Gasteiger partial charge on any atom is -0.469 e. The number of aliphatic hydroxyl groups excluding tert-OH is 1. The topological polar surface area (TPSA) is 108 Å². The monoisotopic (exact) mass is 696 g/mol. The fourth-order valence-electron chi connectivity index (χ4n) is 11.8. The summed E-state index contributed by atoms with van der Waals surface area (Å²) in [5, 5.41) is 18.5. The average Bonchev–Trinajstić information content (AvgIpc) is 3.04. The van der Waals surface area contributed by atoms with Crippen LogP contribution in [0.25, 0.3) is 0 Å². The Labute approximate surface area is 303 Å². The van der Waals surface area contributed by atoms with Gasteiger partial charge in [-0.05, 0) is 112 Å². The molecule has 5 aliphatic rings. The molecule has 5 rings (SSSR count). The first-order valence-corrected chi connectivity index (χ1v) is 19.9. The first-order valence-electron chi connectivity index (χ1n) is 19.9. The number of nitrogens with zero attached hydrogens (tertiary/aromatic N) is 1. The van der Waals surface area contributed by atoms with Crippen LogP contribution in [0.5, 0.6) is 0 Å². The Kier molecular flexibility index (Phi) is 11.7. The van der Waals surface area contributed by atoms with E-state index in [1.165, 1.54) is 18.3 Å². The number of aliphatic hydroxyl groups is 1. The van der Waals surface area contributed by atoms with Crippen molar-refractivity contribution in [3.05, 3.63) is 24.3 Å². The molecule has 282 valence electrons. The lowest BCUT2D eigenvalue weighted by atomic mass is 9.45. The molecular weight excluding hydrogens is 626 g/mol. The number of carbonyl (C=O) groups is 3. The Morgan fingerprint density at radius 3 is 2.10 bits per heavy atom. The molecule has 0 unspecified atom stereocenters. The third-order valence-electron chi connectivity index (χ3n) is 15.1. The smallest absolute Gasteiger partial charge is 0.306 e. The molecule has 11 atom stereocenters. The number of hydrogen-bond donors (Lipinski definition) is 3. The maximum absolute atomic E-state index is 14.8. The van der Waals surface area contributed by atoms with Crippen LogP contribution in [0.15, 0.2) is 24.3 Å². The molecule has 0 aromatic heterocycles. The first-order chi connectivity index (χ1) is 23.5. The summed E-state index contributed by atoms with van der Waals surface area (Å²) in [6.45, 7) is 25.4. The molecular formula is C42H69N3O5. The summed E-state index contributed by atoms with van der Waals surface area (Å²) in [7, 11) is 1.36. The zero-order valence-corrected chi connectivity index (χ0v) is 32.6. The highest BCUT2D eigenvalue weighted by Crippen LogP contribution is 2.62. The van der Waals surface area contributed by atoms with Gasteiger partial charge in [0.05, 0.1) is 31.7 Å². The van der Waals surface area contributed by atoms with Gasteiger partial charge in [-0.15, -0.1) is 0 Å². The van der Waals surface area contributed by atoms with Crippen LogP contribution in [0.3, 0.4) is 0 Å². The van der Waals surface area contributed by atoms with Gasteiger partial charge in [-0.25, -0.2) is 0 Å². The van der Waals surface area contributed by atoms with Crippen molar-refractivity contribution in [2.24, 2.45) is 45.8 Å². The zero-order valence-electron chi connectivity index (χ0n) is 32.6. The number of methoxy groups -OCH3 is 1. The van der Waals surface area contributed by atoms with Crippen LogP contribution in [0, 0.1) is 45.8 Å². The maximum atomic E-state index is 14.8. The molecule has 3 N–H and O–H groups in total. The molecule has 0 aromatic rings. The minimum absolute atomic E-state index is 0.0370. The van der Waals surface area contributed by atoms with Crippen molar-refractivity contribution in [1.29, 1.82) is 0 Å². The quantitative estimate of drug-likeness (QED) is 0.178. The van der Waals surface area contributed by atoms with Crippen LogP contribution < -0.4 is 10.6 Å². The van der Waals surface area contributed by atoms with Crippen molar-refractivity contribution < 1.29 is 24.2 Å². The molecule has 4 aliphatic carbocycles. The third-order valence-corrected chi connectivity index (χ3v) is 15.1. The lowest BCUT2D eigenvalue weighted by Crippen LogP contribution is -2.67. The number of likely N-dealkylation sites (tertiary alicyclic amines) is 1. The summed E-state index contributed by atoms with van der Waals surface area (Å²) < 4.78 is 5.02. The second kappa shape index (κ2) is 15.0. The summed E-state index contributed by atoms with van der Waals surface area (Å²) in [6, 6.07) is -1.69. The van der Waals surface area contributed by atoms with Crippen LogP contribution in [-0.4, -0.2) is 71.7 Å². The minimum atomic E-state index is -0.823. The molecule has 2 amide bonds. The average molecular weight is 696 g/mol. The van der Waals surface area contributed by atoms with Crippen molar-refractivity contribution >= 4 is 17.8 Å². The van der Waals surface area contributed by atoms with Crippen molar-refractivity contribution in [1.82, 2.24) is 15.5 Å². The van der Waals surface area contributed by atoms with E-state index in [-0.39, 0.29) is 83.8 Å². The molecule has 1 aliphatic heterocycles. The fourth-order valence-corrected chi connectivity index (χ4v) is 11.8. The van der Waals surface area contributed by atoms with Crippen molar-refractivity contribution in [2.75, 3.05) is 13.7 Å². The van der Waals surface area contributed by atoms with Crippen LogP contribution in [0.4, 0.5) is 0 Å². The van der Waals surface area contributed by atoms with Gasteiger partial charge < -0.3 is 20.5 Å². The standard InChI is InChI=1S/C42H69N3O5/c1-25(2)30-15-20-40(7)18-11-13-27(5)35(40)36(30)43-38(48)32-23-29(46)24-33(45(32)22-17-34(47)50-10)39(49)44-37-31(26(3)4)16-21-41(8)19-12-14-28(6)42(37,41)9/h25-26,29-33,35-37,46H,5-6,11-24H2,1-4,7-10H3,(H,43,48)(H,44,49)/t29-,30-,31-,32+,33-,35+,36-,37-,40+,41+,42+/m0/s1. The molecule has 1 saturated heterocycles. The van der Waals surface area contributed by atoms with Gasteiger partial charge in [-0.1, -0.05) is 72.8 Å². The van der Waals surface area contributed by atoms with Gasteiger partial charge in [0, 0.05) is 30.0 Å². The van der Waals surface area contributed by atoms with Gasteiger partial charge in [0.15, 0.2) is 0 Å². The van der Waals surface area contributed by atoms with E-state index < -0.39 is 18.2 Å². The zero-order chi connectivity index (χ0) is 36.8. The van der Waals surface area contributed by atoms with Gasteiger partial charge in [0.2, 0.25) is 11.8 Å². The van der Waals surface area contributed by atoms with Gasteiger partial charge in [0.1, 0.15) is 0 Å². The van der Waals surface area contributed by atoms with Crippen LogP contribution in [-0.2, 0) is 19.1 Å². The molecule has 1 heterocycles. The number of rotatable bonds is 9. The van der Waals surface area contributed by atoms with Gasteiger partial charge in [0.25, 0.3) is 0 Å². The van der Waals surface area contributed by atoms with Crippen LogP contribution >= 0.6 is 0 Å². The van der Waals surface area contributed by atoms with Gasteiger partial charge in [-0.3, -0.25) is 19.3 Å². The highest BCUT2D eigenvalue weighted by atomic mass is 16.5. The number of hydrogen-bond acceptors (Lipinski definition) is 6. The van der Waals surface area contributed by atoms with Crippen molar-refractivity contribution in [3.63, 3.8) is 0 Å². The number of amides is 2.